The maximum Gasteiger partial charge on any atom is 0.248 e. The molecule has 1 saturated heterocycles. The number of tetrazole rings is 1. The molecule has 1 aliphatic heterocycles. The van der Waals surface area contributed by atoms with Crippen molar-refractivity contribution < 1.29 is 23.8 Å². The van der Waals surface area contributed by atoms with E-state index < -0.39 is 6.04 Å². The quantitative estimate of drug-likeness (QED) is 0.269. The molecular weight excluding hydrogens is 552 g/mol. The lowest BCUT2D eigenvalue weighted by Crippen LogP contribution is -2.45. The van der Waals surface area contributed by atoms with Gasteiger partial charge in [-0.25, -0.2) is 0 Å². The van der Waals surface area contributed by atoms with Crippen LogP contribution in [0, 0.1) is 0 Å². The topological polar surface area (TPSA) is 121 Å². The molecule has 0 bridgehead atoms. The van der Waals surface area contributed by atoms with Crippen molar-refractivity contribution >= 4 is 34.5 Å². The van der Waals surface area contributed by atoms with E-state index in [2.05, 4.69) is 20.7 Å². The van der Waals surface area contributed by atoms with Crippen molar-refractivity contribution in [2.45, 2.75) is 38.1 Å². The van der Waals surface area contributed by atoms with E-state index in [4.69, 9.17) is 14.2 Å². The Morgan fingerprint density at radius 2 is 1.98 bits per heavy atom. The van der Waals surface area contributed by atoms with E-state index in [-0.39, 0.29) is 31.0 Å². The summed E-state index contributed by atoms with van der Waals surface area (Å²) in [7, 11) is 3.11. The summed E-state index contributed by atoms with van der Waals surface area (Å²) in [5, 5.41) is 19.5. The van der Waals surface area contributed by atoms with Crippen molar-refractivity contribution in [2.75, 3.05) is 27.4 Å². The number of hydrogen-bond donors (Lipinski definition) is 1. The van der Waals surface area contributed by atoms with Gasteiger partial charge in [0, 0.05) is 28.5 Å². The average Bonchev–Trinajstić information content (AvgIpc) is 3.80. The zero-order chi connectivity index (χ0) is 27.9. The van der Waals surface area contributed by atoms with E-state index >= 15 is 0 Å². The van der Waals surface area contributed by atoms with Crippen LogP contribution >= 0.6 is 22.7 Å². The van der Waals surface area contributed by atoms with Gasteiger partial charge in [0.2, 0.25) is 17.6 Å². The third kappa shape index (κ3) is 6.49. The molecule has 5 rings (SSSR count). The van der Waals surface area contributed by atoms with Gasteiger partial charge in [-0.2, -0.15) is 4.80 Å². The van der Waals surface area contributed by atoms with Gasteiger partial charge >= 0.3 is 0 Å². The summed E-state index contributed by atoms with van der Waals surface area (Å²) in [6, 6.07) is 12.1. The maximum atomic E-state index is 13.8. The number of amides is 2. The Hall–Kier alpha value is -3.81. The van der Waals surface area contributed by atoms with E-state index in [1.807, 2.05) is 35.0 Å². The Kier molecular flexibility index (Phi) is 9.04. The van der Waals surface area contributed by atoms with Gasteiger partial charge < -0.3 is 24.4 Å². The van der Waals surface area contributed by atoms with Crippen LogP contribution in [0.1, 0.15) is 28.6 Å². The molecule has 4 heterocycles. The molecule has 1 aromatic carbocycles. The molecule has 3 aromatic heterocycles. The van der Waals surface area contributed by atoms with Crippen molar-refractivity contribution in [1.82, 2.24) is 30.4 Å². The minimum Gasteiger partial charge on any atom is -0.493 e. The molecule has 0 aliphatic carbocycles. The first-order valence-electron chi connectivity index (χ1n) is 12.8. The molecule has 2 atom stereocenters. The molecule has 1 N–H and O–H groups in total. The number of hydrogen-bond acceptors (Lipinski definition) is 10. The monoisotopic (exact) mass is 582 g/mol. The number of methoxy groups -OCH3 is 2. The summed E-state index contributed by atoms with van der Waals surface area (Å²) in [6.45, 7) is 1.19. The van der Waals surface area contributed by atoms with Gasteiger partial charge in [0.1, 0.15) is 12.6 Å². The number of thiophene rings is 2. The predicted octanol–water partition coefficient (Wildman–Crippen LogP) is 3.55. The molecule has 1 aliphatic rings. The minimum absolute atomic E-state index is 0.0104. The fraction of sp³-hybridized carbons (Fsp3) is 0.370. The van der Waals surface area contributed by atoms with Crippen LogP contribution in [0.2, 0.25) is 0 Å². The Balaban J connectivity index is 1.38. The zero-order valence-electron chi connectivity index (χ0n) is 22.2. The molecule has 0 saturated carbocycles. The molecule has 13 heteroatoms. The Morgan fingerprint density at radius 1 is 1.15 bits per heavy atom. The van der Waals surface area contributed by atoms with Crippen LogP contribution in [-0.2, 0) is 27.4 Å². The predicted molar refractivity (Wildman–Crippen MR) is 150 cm³/mol. The lowest BCUT2D eigenvalue weighted by molar-refractivity contribution is -0.142. The van der Waals surface area contributed by atoms with E-state index in [0.717, 1.165) is 22.6 Å². The fourth-order valence-corrected chi connectivity index (χ4v) is 6.03. The normalized spacial score (nSPS) is 15.5. The van der Waals surface area contributed by atoms with Gasteiger partial charge in [-0.1, -0.05) is 12.1 Å². The van der Waals surface area contributed by atoms with E-state index in [9.17, 15) is 9.59 Å². The van der Waals surface area contributed by atoms with Crippen LogP contribution in [0.5, 0.6) is 11.5 Å². The second kappa shape index (κ2) is 13.0. The van der Waals surface area contributed by atoms with Crippen LogP contribution in [0.15, 0.2) is 53.2 Å². The summed E-state index contributed by atoms with van der Waals surface area (Å²) >= 11 is 2.96. The molecule has 2 amide bonds. The third-order valence-electron chi connectivity index (χ3n) is 6.50. The summed E-state index contributed by atoms with van der Waals surface area (Å²) in [6.07, 6.45) is 1.87. The number of benzene rings is 1. The highest BCUT2D eigenvalue weighted by atomic mass is 32.1. The third-order valence-corrected chi connectivity index (χ3v) is 8.28. The molecule has 2 unspecified atom stereocenters. The lowest BCUT2D eigenvalue weighted by Gasteiger charge is -2.30. The zero-order valence-corrected chi connectivity index (χ0v) is 23.8. The molecule has 40 heavy (non-hydrogen) atoms. The summed E-state index contributed by atoms with van der Waals surface area (Å²) < 4.78 is 16.4. The van der Waals surface area contributed by atoms with Crippen molar-refractivity contribution in [2.24, 2.45) is 0 Å². The Bertz CT molecular complexity index is 1400. The SMILES string of the molecule is COc1ccc(-c2nnn(CC(=O)N(Cc3cccs3)C(C(=O)NCC3CCCO3)c3cccs3)n2)cc1OC. The van der Waals surface area contributed by atoms with Gasteiger partial charge in [0.15, 0.2) is 11.5 Å². The van der Waals surface area contributed by atoms with E-state index in [0.29, 0.717) is 36.0 Å². The average molecular weight is 583 g/mol. The van der Waals surface area contributed by atoms with Crippen molar-refractivity contribution in [1.29, 1.82) is 0 Å². The van der Waals surface area contributed by atoms with Crippen LogP contribution < -0.4 is 14.8 Å². The molecule has 0 radical (unpaired) electrons. The number of rotatable bonds is 12. The van der Waals surface area contributed by atoms with Crippen LogP contribution in [0.4, 0.5) is 0 Å². The number of carbonyl (C=O) groups excluding carboxylic acids is 2. The number of nitrogens with zero attached hydrogens (tertiary/aromatic N) is 5. The van der Waals surface area contributed by atoms with Crippen molar-refractivity contribution in [3.05, 3.63) is 63.0 Å². The highest BCUT2D eigenvalue weighted by Crippen LogP contribution is 2.31. The van der Waals surface area contributed by atoms with Crippen molar-refractivity contribution in [3.63, 3.8) is 0 Å². The molecule has 210 valence electrons. The van der Waals surface area contributed by atoms with Gasteiger partial charge in [-0.3, -0.25) is 9.59 Å². The first-order chi connectivity index (χ1) is 19.6. The largest absolute Gasteiger partial charge is 0.493 e. The standard InChI is InChI=1S/C27H30N6O5S2/c1-36-21-10-9-18(14-22(21)37-2)26-29-31-33(30-26)17-24(34)32(16-20-7-4-12-39-20)25(23-8-5-13-40-23)27(35)28-15-19-6-3-11-38-19/h4-5,7-10,12-14,19,25H,3,6,11,15-17H2,1-2H3,(H,28,35). The van der Waals surface area contributed by atoms with Crippen molar-refractivity contribution in [3.8, 4) is 22.9 Å². The first kappa shape index (κ1) is 27.7. The minimum atomic E-state index is -0.815. The molecular formula is C27H30N6O5S2. The summed E-state index contributed by atoms with van der Waals surface area (Å²) in [5.74, 6) is 0.885. The van der Waals surface area contributed by atoms with Crippen LogP contribution in [-0.4, -0.2) is 70.4 Å². The van der Waals surface area contributed by atoms with Gasteiger partial charge in [0.05, 0.1) is 26.9 Å². The highest BCUT2D eigenvalue weighted by molar-refractivity contribution is 7.10. The first-order valence-corrected chi connectivity index (χ1v) is 14.6. The summed E-state index contributed by atoms with van der Waals surface area (Å²) in [4.78, 5) is 32.0. The second-order valence-electron chi connectivity index (χ2n) is 9.11. The van der Waals surface area contributed by atoms with Crippen LogP contribution in [0.25, 0.3) is 11.4 Å². The number of ether oxygens (including phenoxy) is 3. The molecule has 0 spiro atoms. The fourth-order valence-electron chi connectivity index (χ4n) is 4.49. The Morgan fingerprint density at radius 3 is 2.67 bits per heavy atom. The molecule has 4 aromatic rings. The second-order valence-corrected chi connectivity index (χ2v) is 11.1. The van der Waals surface area contributed by atoms with Crippen LogP contribution in [0.3, 0.4) is 0 Å². The van der Waals surface area contributed by atoms with Gasteiger partial charge in [-0.15, -0.1) is 32.9 Å². The Labute approximate surface area is 239 Å². The van der Waals surface area contributed by atoms with Gasteiger partial charge in [0.25, 0.3) is 0 Å². The highest BCUT2D eigenvalue weighted by Gasteiger charge is 2.33. The molecule has 11 nitrogen and oxygen atoms in total. The maximum absolute atomic E-state index is 13.8. The molecule has 1 fully saturated rings. The van der Waals surface area contributed by atoms with E-state index in [1.54, 1.807) is 37.3 Å². The van der Waals surface area contributed by atoms with E-state index in [1.165, 1.54) is 27.5 Å². The number of carbonyl (C=O) groups is 2. The number of aromatic nitrogens is 4. The van der Waals surface area contributed by atoms with Gasteiger partial charge in [-0.05, 0) is 59.1 Å². The smallest absolute Gasteiger partial charge is 0.248 e. The summed E-state index contributed by atoms with van der Waals surface area (Å²) in [5.41, 5.74) is 0.664. The lowest BCUT2D eigenvalue weighted by atomic mass is 10.1. The number of nitrogens with one attached hydrogen (secondary N) is 1.